The van der Waals surface area contributed by atoms with Crippen molar-refractivity contribution in [1.29, 1.82) is 0 Å². The van der Waals surface area contributed by atoms with Crippen molar-refractivity contribution in [3.8, 4) is 11.5 Å². The Hall–Kier alpha value is -3.26. The lowest BCUT2D eigenvalue weighted by atomic mass is 9.95. The van der Waals surface area contributed by atoms with E-state index in [-0.39, 0.29) is 24.2 Å². The van der Waals surface area contributed by atoms with Crippen LogP contribution in [-0.2, 0) is 9.59 Å². The highest BCUT2D eigenvalue weighted by Crippen LogP contribution is 2.40. The molecule has 2 aliphatic heterocycles. The van der Waals surface area contributed by atoms with E-state index in [0.29, 0.717) is 41.8 Å². The van der Waals surface area contributed by atoms with Crippen LogP contribution in [0.3, 0.4) is 0 Å². The summed E-state index contributed by atoms with van der Waals surface area (Å²) in [7, 11) is 3.05. The van der Waals surface area contributed by atoms with Gasteiger partial charge in [0.2, 0.25) is 11.8 Å². The van der Waals surface area contributed by atoms with Crippen molar-refractivity contribution in [2.75, 3.05) is 38.8 Å². The van der Waals surface area contributed by atoms with Crippen LogP contribution < -0.4 is 14.4 Å². The van der Waals surface area contributed by atoms with E-state index in [9.17, 15) is 9.59 Å². The Balaban J connectivity index is 1.31. The van der Waals surface area contributed by atoms with Gasteiger partial charge in [0.1, 0.15) is 17.3 Å². The van der Waals surface area contributed by atoms with Crippen LogP contribution in [-0.4, -0.2) is 60.5 Å². The third-order valence-corrected chi connectivity index (χ3v) is 7.04. The van der Waals surface area contributed by atoms with Crippen LogP contribution in [0.1, 0.15) is 31.0 Å². The standard InChI is InChI=1S/C25H27ClN4O4/c1-33-21-12-22(34-2)20(11-17(21)26)30-14-16(10-23(30)31)25(32)29-9-5-6-15(13-29)24-27-18-7-3-4-8-19(18)28-24/h3-4,7-8,11-12,15-16H,5-6,9-10,13-14H2,1-2H3,(H,27,28). The van der Waals surface area contributed by atoms with E-state index in [4.69, 9.17) is 26.1 Å². The number of hydrogen-bond acceptors (Lipinski definition) is 5. The second kappa shape index (κ2) is 9.18. The minimum Gasteiger partial charge on any atom is -0.495 e. The van der Waals surface area contributed by atoms with Gasteiger partial charge in [0, 0.05) is 38.0 Å². The fourth-order valence-electron chi connectivity index (χ4n) is 4.99. The maximum atomic E-state index is 13.4. The average Bonchev–Trinajstić information content (AvgIpc) is 3.47. The van der Waals surface area contributed by atoms with Gasteiger partial charge < -0.3 is 24.3 Å². The molecule has 2 unspecified atom stereocenters. The number of halogens is 1. The highest BCUT2D eigenvalue weighted by molar-refractivity contribution is 6.32. The molecular weight excluding hydrogens is 456 g/mol. The normalized spacial score (nSPS) is 20.7. The number of H-pyrrole nitrogens is 1. The summed E-state index contributed by atoms with van der Waals surface area (Å²) in [4.78, 5) is 38.0. The lowest BCUT2D eigenvalue weighted by Crippen LogP contribution is -2.43. The quantitative estimate of drug-likeness (QED) is 0.594. The van der Waals surface area contributed by atoms with Crippen molar-refractivity contribution in [3.05, 3.63) is 47.2 Å². The van der Waals surface area contributed by atoms with Crippen LogP contribution in [0.25, 0.3) is 11.0 Å². The molecule has 2 saturated heterocycles. The first kappa shape index (κ1) is 22.5. The molecule has 0 spiro atoms. The maximum absolute atomic E-state index is 13.4. The molecule has 9 heteroatoms. The van der Waals surface area contributed by atoms with Gasteiger partial charge in [0.05, 0.1) is 41.9 Å². The van der Waals surface area contributed by atoms with Crippen LogP contribution in [0.15, 0.2) is 36.4 Å². The number of para-hydroxylation sites is 2. The molecule has 0 aliphatic carbocycles. The summed E-state index contributed by atoms with van der Waals surface area (Å²) in [6.45, 7) is 1.58. The Labute approximate surface area is 202 Å². The molecule has 0 radical (unpaired) electrons. The Morgan fingerprint density at radius 2 is 1.94 bits per heavy atom. The number of ether oxygens (including phenoxy) is 2. The van der Waals surface area contributed by atoms with Gasteiger partial charge in [-0.05, 0) is 31.0 Å². The largest absolute Gasteiger partial charge is 0.495 e. The lowest BCUT2D eigenvalue weighted by molar-refractivity contribution is -0.137. The number of imidazole rings is 1. The summed E-state index contributed by atoms with van der Waals surface area (Å²) in [6, 6.07) is 11.3. The number of nitrogens with zero attached hydrogens (tertiary/aromatic N) is 3. The SMILES string of the molecule is COc1cc(OC)c(N2CC(C(=O)N3CCCC(c4nc5ccccc5[nH]4)C3)CC2=O)cc1Cl. The molecule has 1 aromatic heterocycles. The molecule has 0 saturated carbocycles. The number of likely N-dealkylation sites (tertiary alicyclic amines) is 1. The molecule has 178 valence electrons. The Morgan fingerprint density at radius 3 is 2.71 bits per heavy atom. The van der Waals surface area contributed by atoms with Crippen molar-refractivity contribution in [3.63, 3.8) is 0 Å². The number of piperidine rings is 1. The molecule has 2 aliphatic rings. The van der Waals surface area contributed by atoms with Crippen LogP contribution in [0, 0.1) is 5.92 Å². The van der Waals surface area contributed by atoms with Gasteiger partial charge in [-0.25, -0.2) is 4.98 Å². The van der Waals surface area contributed by atoms with Crippen LogP contribution in [0.4, 0.5) is 5.69 Å². The van der Waals surface area contributed by atoms with Gasteiger partial charge in [-0.3, -0.25) is 9.59 Å². The number of aromatic amines is 1. The van der Waals surface area contributed by atoms with E-state index in [2.05, 4.69) is 4.98 Å². The molecule has 8 nitrogen and oxygen atoms in total. The molecule has 2 atom stereocenters. The first-order chi connectivity index (χ1) is 16.5. The van der Waals surface area contributed by atoms with E-state index in [1.165, 1.54) is 14.2 Å². The van der Waals surface area contributed by atoms with Gasteiger partial charge in [-0.1, -0.05) is 23.7 Å². The van der Waals surface area contributed by atoms with Crippen molar-refractivity contribution < 1.29 is 19.1 Å². The van der Waals surface area contributed by atoms with E-state index in [1.807, 2.05) is 29.2 Å². The molecule has 0 bridgehead atoms. The number of hydrogen-bond donors (Lipinski definition) is 1. The number of carbonyl (C=O) groups is 2. The first-order valence-electron chi connectivity index (χ1n) is 11.4. The number of nitrogens with one attached hydrogen (secondary N) is 1. The molecule has 5 rings (SSSR count). The van der Waals surface area contributed by atoms with Crippen molar-refractivity contribution >= 4 is 40.1 Å². The fourth-order valence-corrected chi connectivity index (χ4v) is 5.22. The van der Waals surface area contributed by atoms with E-state index in [1.54, 1.807) is 17.0 Å². The predicted molar refractivity (Wildman–Crippen MR) is 130 cm³/mol. The Kier molecular flexibility index (Phi) is 6.08. The Morgan fingerprint density at radius 1 is 1.15 bits per heavy atom. The zero-order valence-electron chi connectivity index (χ0n) is 19.2. The zero-order chi connectivity index (χ0) is 23.8. The average molecular weight is 483 g/mol. The predicted octanol–water partition coefficient (Wildman–Crippen LogP) is 3.99. The number of aromatic nitrogens is 2. The van der Waals surface area contributed by atoms with Crippen molar-refractivity contribution in [2.24, 2.45) is 5.92 Å². The van der Waals surface area contributed by atoms with Crippen molar-refractivity contribution in [1.82, 2.24) is 14.9 Å². The van der Waals surface area contributed by atoms with Gasteiger partial charge >= 0.3 is 0 Å². The molecule has 1 N–H and O–H groups in total. The maximum Gasteiger partial charge on any atom is 0.228 e. The second-order valence-corrected chi connectivity index (χ2v) is 9.23. The van der Waals surface area contributed by atoms with E-state index < -0.39 is 5.92 Å². The minimum absolute atomic E-state index is 0.00948. The molecular formula is C25H27ClN4O4. The monoisotopic (exact) mass is 482 g/mol. The smallest absolute Gasteiger partial charge is 0.228 e. The number of methoxy groups -OCH3 is 2. The summed E-state index contributed by atoms with van der Waals surface area (Å²) in [5.41, 5.74) is 2.49. The fraction of sp³-hybridized carbons (Fsp3) is 0.400. The number of carbonyl (C=O) groups excluding carboxylic acids is 2. The minimum atomic E-state index is -0.410. The Bertz CT molecular complexity index is 1210. The number of benzene rings is 2. The topological polar surface area (TPSA) is 87.8 Å². The molecule has 3 heterocycles. The van der Waals surface area contributed by atoms with Gasteiger partial charge in [-0.2, -0.15) is 0 Å². The van der Waals surface area contributed by atoms with Gasteiger partial charge in [-0.15, -0.1) is 0 Å². The number of fused-ring (bicyclic) bond motifs is 1. The molecule has 2 amide bonds. The number of anilines is 1. The highest BCUT2D eigenvalue weighted by Gasteiger charge is 2.40. The summed E-state index contributed by atoms with van der Waals surface area (Å²) in [6.07, 6.45) is 2.04. The highest BCUT2D eigenvalue weighted by atomic mass is 35.5. The second-order valence-electron chi connectivity index (χ2n) is 8.83. The molecule has 2 fully saturated rings. The summed E-state index contributed by atoms with van der Waals surface area (Å²) >= 11 is 6.31. The summed E-state index contributed by atoms with van der Waals surface area (Å²) in [5, 5.41) is 0.380. The summed E-state index contributed by atoms with van der Waals surface area (Å²) < 4.78 is 10.7. The number of amides is 2. The molecule has 34 heavy (non-hydrogen) atoms. The van der Waals surface area contributed by atoms with E-state index in [0.717, 1.165) is 29.7 Å². The molecule has 3 aromatic rings. The van der Waals surface area contributed by atoms with Gasteiger partial charge in [0.25, 0.3) is 0 Å². The molecule has 2 aromatic carbocycles. The van der Waals surface area contributed by atoms with E-state index >= 15 is 0 Å². The third kappa shape index (κ3) is 4.07. The summed E-state index contributed by atoms with van der Waals surface area (Å²) in [5.74, 6) is 1.49. The first-order valence-corrected chi connectivity index (χ1v) is 11.8. The lowest BCUT2D eigenvalue weighted by Gasteiger charge is -2.33. The van der Waals surface area contributed by atoms with Gasteiger partial charge in [0.15, 0.2) is 0 Å². The van der Waals surface area contributed by atoms with Crippen LogP contribution in [0.5, 0.6) is 11.5 Å². The third-order valence-electron chi connectivity index (χ3n) is 6.75. The van der Waals surface area contributed by atoms with Crippen LogP contribution in [0.2, 0.25) is 5.02 Å². The zero-order valence-corrected chi connectivity index (χ0v) is 20.0. The van der Waals surface area contributed by atoms with Crippen LogP contribution >= 0.6 is 11.6 Å². The van der Waals surface area contributed by atoms with Crippen molar-refractivity contribution in [2.45, 2.75) is 25.2 Å². The number of rotatable bonds is 5.